The number of amides is 1. The summed E-state index contributed by atoms with van der Waals surface area (Å²) >= 11 is 12.1. The first kappa shape index (κ1) is 18.5. The second kappa shape index (κ2) is 7.51. The van der Waals surface area contributed by atoms with Gasteiger partial charge in [-0.15, -0.1) is 0 Å². The van der Waals surface area contributed by atoms with Crippen LogP contribution in [0.3, 0.4) is 0 Å². The van der Waals surface area contributed by atoms with E-state index < -0.39 is 0 Å². The molecule has 0 saturated heterocycles. The highest BCUT2D eigenvalue weighted by Gasteiger charge is 2.17. The molecule has 2 aromatic heterocycles. The van der Waals surface area contributed by atoms with E-state index in [1.165, 1.54) is 12.4 Å². The van der Waals surface area contributed by atoms with E-state index in [-0.39, 0.29) is 28.3 Å². The number of pyridine rings is 1. The van der Waals surface area contributed by atoms with Gasteiger partial charge >= 0.3 is 0 Å². The van der Waals surface area contributed by atoms with Crippen molar-refractivity contribution >= 4 is 45.8 Å². The fourth-order valence-electron chi connectivity index (χ4n) is 2.61. The lowest BCUT2D eigenvalue weighted by molar-refractivity contribution is -0.115. The van der Waals surface area contributed by atoms with Crippen LogP contribution in [-0.2, 0) is 11.2 Å². The van der Waals surface area contributed by atoms with Gasteiger partial charge in [0.25, 0.3) is 0 Å². The van der Waals surface area contributed by atoms with Gasteiger partial charge in [-0.2, -0.15) is 0 Å². The number of halogens is 2. The van der Waals surface area contributed by atoms with Gasteiger partial charge in [0, 0.05) is 18.3 Å². The Kier molecular flexibility index (Phi) is 5.34. The lowest BCUT2D eigenvalue weighted by Gasteiger charge is -2.09. The van der Waals surface area contributed by atoms with E-state index in [0.717, 1.165) is 22.4 Å². The molecule has 2 heterocycles. The van der Waals surface area contributed by atoms with Crippen LogP contribution in [0.5, 0.6) is 5.75 Å². The number of fused-ring (bicyclic) bond motifs is 1. The number of nitrogens with one attached hydrogen (secondary N) is 2. The highest BCUT2D eigenvalue weighted by atomic mass is 35.5. The second-order valence-electron chi connectivity index (χ2n) is 6.13. The van der Waals surface area contributed by atoms with Crippen molar-refractivity contribution in [1.82, 2.24) is 15.0 Å². The first-order chi connectivity index (χ1) is 12.4. The maximum absolute atomic E-state index is 12.5. The molecule has 0 aliphatic carbocycles. The average Bonchev–Trinajstić information content (AvgIpc) is 3.05. The predicted molar refractivity (Wildman–Crippen MR) is 103 cm³/mol. The highest BCUT2D eigenvalue weighted by molar-refractivity contribution is 6.39. The van der Waals surface area contributed by atoms with Crippen LogP contribution in [0.1, 0.15) is 31.2 Å². The Labute approximate surface area is 160 Å². The Balaban J connectivity index is 1.92. The summed E-state index contributed by atoms with van der Waals surface area (Å²) in [4.78, 5) is 24.3. The van der Waals surface area contributed by atoms with Crippen LogP contribution >= 0.6 is 23.2 Å². The SMILES string of the molecule is COc1ccc(CC(=O)Nc2c(Cl)cncc2Cl)c2nc(C(C)C)[nH]c12. The number of hydrogen-bond acceptors (Lipinski definition) is 4. The van der Waals surface area contributed by atoms with Crippen molar-refractivity contribution in [2.45, 2.75) is 26.2 Å². The molecule has 1 aromatic carbocycles. The highest BCUT2D eigenvalue weighted by Crippen LogP contribution is 2.31. The number of nitrogens with zero attached hydrogens (tertiary/aromatic N) is 2. The summed E-state index contributed by atoms with van der Waals surface area (Å²) in [6, 6.07) is 3.65. The van der Waals surface area contributed by atoms with Crippen molar-refractivity contribution in [2.24, 2.45) is 0 Å². The number of carbonyl (C=O) groups is 1. The molecule has 3 aromatic rings. The topological polar surface area (TPSA) is 79.9 Å². The van der Waals surface area contributed by atoms with Gasteiger partial charge in [0.1, 0.15) is 17.1 Å². The number of carbonyl (C=O) groups excluding carboxylic acids is 1. The zero-order valence-electron chi connectivity index (χ0n) is 14.6. The summed E-state index contributed by atoms with van der Waals surface area (Å²) in [5, 5.41) is 3.31. The fraction of sp³-hybridized carbons (Fsp3) is 0.278. The molecule has 0 unspecified atom stereocenters. The van der Waals surface area contributed by atoms with E-state index in [9.17, 15) is 4.79 Å². The fourth-order valence-corrected chi connectivity index (χ4v) is 3.07. The minimum atomic E-state index is -0.249. The maximum atomic E-state index is 12.5. The van der Waals surface area contributed by atoms with Crippen molar-refractivity contribution < 1.29 is 9.53 Å². The molecule has 6 nitrogen and oxygen atoms in total. The second-order valence-corrected chi connectivity index (χ2v) is 6.94. The van der Waals surface area contributed by atoms with E-state index in [0.29, 0.717) is 11.4 Å². The largest absolute Gasteiger partial charge is 0.494 e. The van der Waals surface area contributed by atoms with Crippen molar-refractivity contribution in [3.8, 4) is 5.75 Å². The van der Waals surface area contributed by atoms with Crippen LogP contribution in [0.2, 0.25) is 10.0 Å². The van der Waals surface area contributed by atoms with Gasteiger partial charge in [-0.1, -0.05) is 43.1 Å². The van der Waals surface area contributed by atoms with E-state index in [2.05, 4.69) is 20.3 Å². The normalized spacial score (nSPS) is 11.2. The van der Waals surface area contributed by atoms with Crippen LogP contribution < -0.4 is 10.1 Å². The Morgan fingerprint density at radius 1 is 1.27 bits per heavy atom. The Hall–Kier alpha value is -2.31. The summed E-state index contributed by atoms with van der Waals surface area (Å²) in [5.74, 6) is 1.50. The summed E-state index contributed by atoms with van der Waals surface area (Å²) < 4.78 is 5.39. The quantitative estimate of drug-likeness (QED) is 0.665. The molecule has 0 aliphatic rings. The summed E-state index contributed by atoms with van der Waals surface area (Å²) in [6.45, 7) is 4.09. The van der Waals surface area contributed by atoms with Crippen molar-refractivity contribution in [3.05, 3.63) is 46.0 Å². The van der Waals surface area contributed by atoms with Crippen molar-refractivity contribution in [3.63, 3.8) is 0 Å². The molecule has 0 bridgehead atoms. The molecule has 0 saturated carbocycles. The Morgan fingerprint density at radius 2 is 1.96 bits per heavy atom. The molecule has 8 heteroatoms. The smallest absolute Gasteiger partial charge is 0.228 e. The number of aromatic amines is 1. The standard InChI is InChI=1S/C18H18Cl2N4O2/c1-9(2)18-23-15-10(4-5-13(26-3)17(15)24-18)6-14(25)22-16-11(19)7-21-8-12(16)20/h4-5,7-9H,6H2,1-3H3,(H,23,24)(H,21,22,25). The lowest BCUT2D eigenvalue weighted by atomic mass is 10.1. The summed E-state index contributed by atoms with van der Waals surface area (Å²) in [5.41, 5.74) is 2.63. The van der Waals surface area contributed by atoms with Gasteiger partial charge in [-0.3, -0.25) is 9.78 Å². The molecule has 0 aliphatic heterocycles. The van der Waals surface area contributed by atoms with Crippen LogP contribution in [0.25, 0.3) is 11.0 Å². The molecule has 3 rings (SSSR count). The molecule has 1 amide bonds. The van der Waals surface area contributed by atoms with E-state index >= 15 is 0 Å². The first-order valence-electron chi connectivity index (χ1n) is 8.05. The van der Waals surface area contributed by atoms with Gasteiger partial charge in [-0.25, -0.2) is 4.98 Å². The number of ether oxygens (including phenoxy) is 1. The average molecular weight is 393 g/mol. The van der Waals surface area contributed by atoms with Crippen molar-refractivity contribution in [2.75, 3.05) is 12.4 Å². The predicted octanol–water partition coefficient (Wildman–Crippen LogP) is 4.58. The van der Waals surface area contributed by atoms with E-state index in [4.69, 9.17) is 27.9 Å². The summed E-state index contributed by atoms with van der Waals surface area (Å²) in [7, 11) is 1.60. The van der Waals surface area contributed by atoms with Crippen molar-refractivity contribution in [1.29, 1.82) is 0 Å². The third-order valence-electron chi connectivity index (χ3n) is 3.94. The van der Waals surface area contributed by atoms with Gasteiger partial charge in [0.05, 0.1) is 34.8 Å². The molecule has 0 spiro atoms. The monoisotopic (exact) mass is 392 g/mol. The number of methoxy groups -OCH3 is 1. The minimum Gasteiger partial charge on any atom is -0.494 e. The number of rotatable bonds is 5. The number of aromatic nitrogens is 3. The van der Waals surface area contributed by atoms with Gasteiger partial charge < -0.3 is 15.0 Å². The maximum Gasteiger partial charge on any atom is 0.228 e. The van der Waals surface area contributed by atoms with Crippen LogP contribution in [0.15, 0.2) is 24.5 Å². The molecule has 26 heavy (non-hydrogen) atoms. The molecular weight excluding hydrogens is 375 g/mol. The molecule has 0 radical (unpaired) electrons. The van der Waals surface area contributed by atoms with Crippen LogP contribution in [-0.4, -0.2) is 28.0 Å². The third-order valence-corrected chi connectivity index (χ3v) is 4.52. The van der Waals surface area contributed by atoms with Crippen LogP contribution in [0, 0.1) is 0 Å². The van der Waals surface area contributed by atoms with Gasteiger partial charge in [-0.05, 0) is 11.6 Å². The number of anilines is 1. The number of benzene rings is 1. The molecule has 0 fully saturated rings. The van der Waals surface area contributed by atoms with Gasteiger partial charge in [0.15, 0.2) is 0 Å². The number of imidazole rings is 1. The Bertz CT molecular complexity index is 949. The van der Waals surface area contributed by atoms with E-state index in [1.54, 1.807) is 7.11 Å². The zero-order valence-corrected chi connectivity index (χ0v) is 16.1. The minimum absolute atomic E-state index is 0.123. The molecule has 0 atom stereocenters. The number of hydrogen-bond donors (Lipinski definition) is 2. The first-order valence-corrected chi connectivity index (χ1v) is 8.80. The number of H-pyrrole nitrogens is 1. The molecule has 136 valence electrons. The Morgan fingerprint density at radius 3 is 2.58 bits per heavy atom. The molecular formula is C18H18Cl2N4O2. The lowest BCUT2D eigenvalue weighted by Crippen LogP contribution is -2.15. The molecule has 2 N–H and O–H groups in total. The van der Waals surface area contributed by atoms with E-state index in [1.807, 2.05) is 26.0 Å². The van der Waals surface area contributed by atoms with Crippen LogP contribution in [0.4, 0.5) is 5.69 Å². The third kappa shape index (κ3) is 3.61. The zero-order chi connectivity index (χ0) is 18.8. The van der Waals surface area contributed by atoms with Gasteiger partial charge in [0.2, 0.25) is 5.91 Å². The summed E-state index contributed by atoms with van der Waals surface area (Å²) in [6.07, 6.45) is 2.98.